The van der Waals surface area contributed by atoms with Crippen LogP contribution in [-0.4, -0.2) is 15.5 Å². The summed E-state index contributed by atoms with van der Waals surface area (Å²) in [5.74, 6) is 2.33. The van der Waals surface area contributed by atoms with E-state index in [4.69, 9.17) is 9.47 Å². The maximum absolute atomic E-state index is 13.0. The third-order valence-electron chi connectivity index (χ3n) is 4.64. The van der Waals surface area contributed by atoms with Crippen molar-refractivity contribution < 1.29 is 17.9 Å². The second-order valence-corrected chi connectivity index (χ2v) is 9.18. The van der Waals surface area contributed by atoms with Gasteiger partial charge in [-0.15, -0.1) is 0 Å². The molecule has 0 saturated carbocycles. The lowest BCUT2D eigenvalue weighted by Crippen LogP contribution is -2.29. The molecular formula is C24H27NO4S. The van der Waals surface area contributed by atoms with E-state index >= 15 is 0 Å². The molecule has 0 heterocycles. The Morgan fingerprint density at radius 2 is 1.37 bits per heavy atom. The largest absolute Gasteiger partial charge is 0.497 e. The third-order valence-corrected chi connectivity index (χ3v) is 6.12. The normalized spacial score (nSPS) is 12.5. The minimum absolute atomic E-state index is 0.199. The number of ether oxygens (including phenoxy) is 2. The fourth-order valence-electron chi connectivity index (χ4n) is 3.13. The number of nitrogens with one attached hydrogen (secondary N) is 1. The molecule has 0 spiro atoms. The first kappa shape index (κ1) is 21.9. The van der Waals surface area contributed by atoms with Crippen molar-refractivity contribution in [2.45, 2.75) is 31.2 Å². The van der Waals surface area contributed by atoms with Crippen molar-refractivity contribution in [3.05, 3.63) is 84.4 Å². The van der Waals surface area contributed by atoms with Crippen LogP contribution in [0.2, 0.25) is 0 Å². The number of benzene rings is 3. The first-order valence-electron chi connectivity index (χ1n) is 9.86. The second-order valence-electron chi connectivity index (χ2n) is 7.46. The van der Waals surface area contributed by atoms with Crippen LogP contribution in [0.15, 0.2) is 83.8 Å². The molecule has 0 aliphatic carbocycles. The first-order chi connectivity index (χ1) is 14.4. The van der Waals surface area contributed by atoms with Crippen molar-refractivity contribution in [2.24, 2.45) is 5.92 Å². The topological polar surface area (TPSA) is 64.6 Å². The molecule has 0 amide bonds. The molecule has 3 aromatic rings. The van der Waals surface area contributed by atoms with Crippen LogP contribution >= 0.6 is 0 Å². The minimum atomic E-state index is -3.70. The third kappa shape index (κ3) is 5.84. The molecule has 0 fully saturated rings. The van der Waals surface area contributed by atoms with E-state index in [-0.39, 0.29) is 10.9 Å². The standard InChI is InChI=1S/C24H27NO4S/c1-18(2)17-24(19-9-11-20(28-3)12-10-19)25-30(26,27)23-15-13-22(14-16-23)29-21-7-5-4-6-8-21/h4-16,18,24-25H,17H2,1-3H3/t24-/m0/s1. The van der Waals surface area contributed by atoms with Crippen LogP contribution in [0, 0.1) is 5.92 Å². The van der Waals surface area contributed by atoms with E-state index in [1.54, 1.807) is 31.4 Å². The number of para-hydroxylation sites is 1. The SMILES string of the molecule is COc1ccc([C@H](CC(C)C)NS(=O)(=O)c2ccc(Oc3ccccc3)cc2)cc1. The Morgan fingerprint density at radius 3 is 1.93 bits per heavy atom. The Balaban J connectivity index is 1.77. The molecule has 0 aromatic heterocycles. The Morgan fingerprint density at radius 1 is 0.800 bits per heavy atom. The van der Waals surface area contributed by atoms with Crippen LogP contribution in [-0.2, 0) is 10.0 Å². The van der Waals surface area contributed by atoms with E-state index < -0.39 is 10.0 Å². The molecule has 0 saturated heterocycles. The Bertz CT molecular complexity index is 1030. The molecule has 5 nitrogen and oxygen atoms in total. The van der Waals surface area contributed by atoms with Crippen LogP contribution in [0.4, 0.5) is 0 Å². The van der Waals surface area contributed by atoms with Gasteiger partial charge in [0.15, 0.2) is 0 Å². The molecule has 0 aliphatic heterocycles. The van der Waals surface area contributed by atoms with E-state index in [1.807, 2.05) is 54.6 Å². The molecule has 3 rings (SSSR count). The average molecular weight is 426 g/mol. The maximum atomic E-state index is 13.0. The fourth-order valence-corrected chi connectivity index (χ4v) is 4.36. The number of rotatable bonds is 9. The highest BCUT2D eigenvalue weighted by Crippen LogP contribution is 2.27. The van der Waals surface area contributed by atoms with E-state index in [0.29, 0.717) is 23.8 Å². The second kappa shape index (κ2) is 9.78. The lowest BCUT2D eigenvalue weighted by Gasteiger charge is -2.21. The summed E-state index contributed by atoms with van der Waals surface area (Å²) in [6.07, 6.45) is 0.681. The summed E-state index contributed by atoms with van der Waals surface area (Å²) in [5.41, 5.74) is 0.900. The Labute approximate surface area is 178 Å². The lowest BCUT2D eigenvalue weighted by atomic mass is 9.98. The van der Waals surface area contributed by atoms with E-state index in [0.717, 1.165) is 11.3 Å². The van der Waals surface area contributed by atoms with Gasteiger partial charge < -0.3 is 9.47 Å². The van der Waals surface area contributed by atoms with Gasteiger partial charge in [-0.25, -0.2) is 13.1 Å². The van der Waals surface area contributed by atoms with E-state index in [2.05, 4.69) is 18.6 Å². The highest BCUT2D eigenvalue weighted by molar-refractivity contribution is 7.89. The summed E-state index contributed by atoms with van der Waals surface area (Å²) >= 11 is 0. The molecule has 0 bridgehead atoms. The van der Waals surface area contributed by atoms with Crippen LogP contribution in [0.25, 0.3) is 0 Å². The fraction of sp³-hybridized carbons (Fsp3) is 0.250. The molecule has 3 aromatic carbocycles. The molecule has 6 heteroatoms. The van der Waals surface area contributed by atoms with Gasteiger partial charge in [0.05, 0.1) is 12.0 Å². The number of hydrogen-bond acceptors (Lipinski definition) is 4. The monoisotopic (exact) mass is 425 g/mol. The van der Waals surface area contributed by atoms with E-state index in [9.17, 15) is 8.42 Å². The van der Waals surface area contributed by atoms with Crippen LogP contribution < -0.4 is 14.2 Å². The van der Waals surface area contributed by atoms with Gasteiger partial charge in [0, 0.05) is 6.04 Å². The van der Waals surface area contributed by atoms with Gasteiger partial charge in [-0.3, -0.25) is 0 Å². The van der Waals surface area contributed by atoms with E-state index in [1.165, 1.54) is 0 Å². The van der Waals surface area contributed by atoms with Gasteiger partial charge in [0.25, 0.3) is 0 Å². The van der Waals surface area contributed by atoms with Crippen molar-refractivity contribution >= 4 is 10.0 Å². The summed E-state index contributed by atoms with van der Waals surface area (Å²) in [5, 5.41) is 0. The molecule has 0 unspecified atom stereocenters. The molecular weight excluding hydrogens is 398 g/mol. The van der Waals surface area contributed by atoms with Gasteiger partial charge in [-0.1, -0.05) is 44.2 Å². The van der Waals surface area contributed by atoms with Gasteiger partial charge in [0.2, 0.25) is 10.0 Å². The Kier molecular flexibility index (Phi) is 7.13. The van der Waals surface area contributed by atoms with Gasteiger partial charge in [-0.05, 0) is 66.4 Å². The van der Waals surface area contributed by atoms with Gasteiger partial charge in [-0.2, -0.15) is 0 Å². The first-order valence-corrected chi connectivity index (χ1v) is 11.3. The summed E-state index contributed by atoms with van der Waals surface area (Å²) in [4.78, 5) is 0.199. The predicted molar refractivity (Wildman–Crippen MR) is 118 cm³/mol. The highest BCUT2D eigenvalue weighted by atomic mass is 32.2. The molecule has 158 valence electrons. The van der Waals surface area contributed by atoms with Crippen molar-refractivity contribution in [1.29, 1.82) is 0 Å². The summed E-state index contributed by atoms with van der Waals surface area (Å²) in [6, 6.07) is 22.9. The van der Waals surface area contributed by atoms with Crippen molar-refractivity contribution in [2.75, 3.05) is 7.11 Å². The lowest BCUT2D eigenvalue weighted by molar-refractivity contribution is 0.414. The average Bonchev–Trinajstić information content (AvgIpc) is 2.74. The smallest absolute Gasteiger partial charge is 0.241 e. The highest BCUT2D eigenvalue weighted by Gasteiger charge is 2.22. The zero-order valence-corrected chi connectivity index (χ0v) is 18.2. The van der Waals surface area contributed by atoms with Crippen molar-refractivity contribution in [3.63, 3.8) is 0 Å². The Hall–Kier alpha value is -2.83. The summed E-state index contributed by atoms with van der Waals surface area (Å²) in [6.45, 7) is 4.14. The van der Waals surface area contributed by atoms with Crippen molar-refractivity contribution in [3.8, 4) is 17.2 Å². The molecule has 1 atom stereocenters. The van der Waals surface area contributed by atoms with Crippen LogP contribution in [0.1, 0.15) is 31.9 Å². The molecule has 30 heavy (non-hydrogen) atoms. The number of hydrogen-bond donors (Lipinski definition) is 1. The quantitative estimate of drug-likeness (QED) is 0.488. The number of sulfonamides is 1. The van der Waals surface area contributed by atoms with Crippen LogP contribution in [0.3, 0.4) is 0 Å². The van der Waals surface area contributed by atoms with Gasteiger partial charge in [0.1, 0.15) is 17.2 Å². The van der Waals surface area contributed by atoms with Gasteiger partial charge >= 0.3 is 0 Å². The molecule has 0 aliphatic rings. The van der Waals surface area contributed by atoms with Crippen molar-refractivity contribution in [1.82, 2.24) is 4.72 Å². The summed E-state index contributed by atoms with van der Waals surface area (Å²) in [7, 11) is -2.09. The number of methoxy groups -OCH3 is 1. The predicted octanol–water partition coefficient (Wildman–Crippen LogP) is 5.55. The minimum Gasteiger partial charge on any atom is -0.497 e. The summed E-state index contributed by atoms with van der Waals surface area (Å²) < 4.78 is 39.8. The maximum Gasteiger partial charge on any atom is 0.241 e. The zero-order chi connectivity index (χ0) is 21.6. The molecule has 1 N–H and O–H groups in total. The zero-order valence-electron chi connectivity index (χ0n) is 17.4. The molecule has 0 radical (unpaired) electrons. The van der Waals surface area contributed by atoms with Crippen LogP contribution in [0.5, 0.6) is 17.2 Å².